The fraction of sp³-hybridized carbons (Fsp3) is 0.231. The second-order valence-electron chi connectivity index (χ2n) is 4.14. The summed E-state index contributed by atoms with van der Waals surface area (Å²) < 4.78 is 13.5. The van der Waals surface area contributed by atoms with E-state index < -0.39 is 5.82 Å². The summed E-state index contributed by atoms with van der Waals surface area (Å²) in [5.41, 5.74) is 0.459. The van der Waals surface area contributed by atoms with Gasteiger partial charge in [0, 0.05) is 11.4 Å². The number of carbonyl (C=O) groups is 1. The molecule has 3 nitrogen and oxygen atoms in total. The molecule has 0 saturated carbocycles. The van der Waals surface area contributed by atoms with Crippen LogP contribution in [0.3, 0.4) is 0 Å². The molecule has 88 valence electrons. The molecule has 1 aromatic heterocycles. The van der Waals surface area contributed by atoms with Gasteiger partial charge in [-0.2, -0.15) is 0 Å². The number of amides is 1. The third-order valence-corrected chi connectivity index (χ3v) is 2.32. The van der Waals surface area contributed by atoms with E-state index in [0.717, 1.165) is 0 Å². The number of aromatic nitrogens is 1. The van der Waals surface area contributed by atoms with Gasteiger partial charge in [0.1, 0.15) is 17.0 Å². The first-order valence-electron chi connectivity index (χ1n) is 5.44. The maximum Gasteiger partial charge on any atom is 0.270 e. The Bertz CT molecular complexity index is 566. The second kappa shape index (κ2) is 4.49. The van der Waals surface area contributed by atoms with Crippen LogP contribution in [-0.4, -0.2) is 16.9 Å². The standard InChI is InChI=1S/C13H13FN2O/c1-8(2)15-13(17)11-7-6-9-4-3-5-10(14)12(9)16-11/h3-8H,1-2H3,(H,15,17). The van der Waals surface area contributed by atoms with Gasteiger partial charge in [-0.25, -0.2) is 9.37 Å². The van der Waals surface area contributed by atoms with Crippen LogP contribution >= 0.6 is 0 Å². The lowest BCUT2D eigenvalue weighted by molar-refractivity contribution is 0.0938. The Balaban J connectivity index is 2.44. The van der Waals surface area contributed by atoms with Crippen molar-refractivity contribution in [3.63, 3.8) is 0 Å². The van der Waals surface area contributed by atoms with Crippen molar-refractivity contribution in [2.45, 2.75) is 19.9 Å². The molecule has 0 aliphatic rings. The fourth-order valence-electron chi connectivity index (χ4n) is 1.57. The second-order valence-corrected chi connectivity index (χ2v) is 4.14. The maximum atomic E-state index is 13.5. The van der Waals surface area contributed by atoms with Crippen molar-refractivity contribution >= 4 is 16.8 Å². The summed E-state index contributed by atoms with van der Waals surface area (Å²) in [6.07, 6.45) is 0. The zero-order valence-corrected chi connectivity index (χ0v) is 9.70. The van der Waals surface area contributed by atoms with Crippen LogP contribution in [0.4, 0.5) is 4.39 Å². The Morgan fingerprint density at radius 3 is 2.76 bits per heavy atom. The summed E-state index contributed by atoms with van der Waals surface area (Å²) in [6.45, 7) is 3.72. The molecule has 0 fully saturated rings. The largest absolute Gasteiger partial charge is 0.349 e. The first-order valence-corrected chi connectivity index (χ1v) is 5.44. The van der Waals surface area contributed by atoms with E-state index >= 15 is 0 Å². The van der Waals surface area contributed by atoms with Gasteiger partial charge in [-0.05, 0) is 26.0 Å². The van der Waals surface area contributed by atoms with Crippen molar-refractivity contribution in [2.24, 2.45) is 0 Å². The van der Waals surface area contributed by atoms with E-state index in [4.69, 9.17) is 0 Å². The quantitative estimate of drug-likeness (QED) is 0.864. The molecular formula is C13H13FN2O. The van der Waals surface area contributed by atoms with E-state index in [0.29, 0.717) is 5.39 Å². The molecule has 0 aliphatic carbocycles. The van der Waals surface area contributed by atoms with Crippen LogP contribution in [0, 0.1) is 5.82 Å². The van der Waals surface area contributed by atoms with Crippen molar-refractivity contribution in [3.8, 4) is 0 Å². The summed E-state index contributed by atoms with van der Waals surface area (Å²) >= 11 is 0. The van der Waals surface area contributed by atoms with E-state index in [1.807, 2.05) is 13.8 Å². The average Bonchev–Trinajstić information content (AvgIpc) is 2.28. The molecule has 0 unspecified atom stereocenters. The number of nitrogens with one attached hydrogen (secondary N) is 1. The highest BCUT2D eigenvalue weighted by Crippen LogP contribution is 2.15. The highest BCUT2D eigenvalue weighted by molar-refractivity contribution is 5.95. The van der Waals surface area contributed by atoms with Crippen molar-refractivity contribution in [3.05, 3.63) is 41.8 Å². The SMILES string of the molecule is CC(C)NC(=O)c1ccc2cccc(F)c2n1. The lowest BCUT2D eigenvalue weighted by atomic mass is 10.2. The van der Waals surface area contributed by atoms with E-state index in [-0.39, 0.29) is 23.2 Å². The van der Waals surface area contributed by atoms with Crippen molar-refractivity contribution in [1.82, 2.24) is 10.3 Å². The predicted molar refractivity (Wildman–Crippen MR) is 64.3 cm³/mol. The van der Waals surface area contributed by atoms with Gasteiger partial charge < -0.3 is 5.32 Å². The zero-order valence-electron chi connectivity index (χ0n) is 9.70. The molecule has 0 aliphatic heterocycles. The minimum Gasteiger partial charge on any atom is -0.349 e. The van der Waals surface area contributed by atoms with Crippen LogP contribution in [0.1, 0.15) is 24.3 Å². The molecule has 0 spiro atoms. The molecule has 1 N–H and O–H groups in total. The van der Waals surface area contributed by atoms with Crippen molar-refractivity contribution in [2.75, 3.05) is 0 Å². The average molecular weight is 232 g/mol. The summed E-state index contributed by atoms with van der Waals surface area (Å²) in [5.74, 6) is -0.702. The molecule has 0 atom stereocenters. The monoisotopic (exact) mass is 232 g/mol. The minimum absolute atomic E-state index is 0.0283. The number of pyridine rings is 1. The lowest BCUT2D eigenvalue weighted by Crippen LogP contribution is -2.30. The zero-order chi connectivity index (χ0) is 12.4. The Kier molecular flexibility index (Phi) is 3.04. The van der Waals surface area contributed by atoms with Gasteiger partial charge in [0.25, 0.3) is 5.91 Å². The van der Waals surface area contributed by atoms with Crippen LogP contribution in [-0.2, 0) is 0 Å². The molecule has 2 aromatic rings. The summed E-state index contributed by atoms with van der Waals surface area (Å²) in [4.78, 5) is 15.8. The molecule has 0 radical (unpaired) electrons. The smallest absolute Gasteiger partial charge is 0.270 e. The van der Waals surface area contributed by atoms with Gasteiger partial charge in [-0.1, -0.05) is 18.2 Å². The summed E-state index contributed by atoms with van der Waals surface area (Å²) in [6, 6.07) is 8.03. The first-order chi connectivity index (χ1) is 8.08. The summed E-state index contributed by atoms with van der Waals surface area (Å²) in [7, 11) is 0. The fourth-order valence-corrected chi connectivity index (χ4v) is 1.57. The molecular weight excluding hydrogens is 219 g/mol. The Labute approximate surface area is 98.7 Å². The van der Waals surface area contributed by atoms with Gasteiger partial charge in [0.15, 0.2) is 0 Å². The third kappa shape index (κ3) is 2.41. The molecule has 2 rings (SSSR count). The van der Waals surface area contributed by atoms with E-state index in [2.05, 4.69) is 10.3 Å². The number of hydrogen-bond acceptors (Lipinski definition) is 2. The van der Waals surface area contributed by atoms with E-state index in [1.54, 1.807) is 24.3 Å². The number of rotatable bonds is 2. The molecule has 17 heavy (non-hydrogen) atoms. The van der Waals surface area contributed by atoms with Crippen molar-refractivity contribution in [1.29, 1.82) is 0 Å². The first kappa shape index (κ1) is 11.5. The number of carbonyl (C=O) groups excluding carboxylic acids is 1. The van der Waals surface area contributed by atoms with Gasteiger partial charge in [-0.3, -0.25) is 4.79 Å². The number of hydrogen-bond donors (Lipinski definition) is 1. The molecule has 4 heteroatoms. The molecule has 1 heterocycles. The number of para-hydroxylation sites is 1. The minimum atomic E-state index is -0.415. The molecule has 0 bridgehead atoms. The normalized spacial score (nSPS) is 10.8. The van der Waals surface area contributed by atoms with Gasteiger partial charge in [0.05, 0.1) is 0 Å². The topological polar surface area (TPSA) is 42.0 Å². The van der Waals surface area contributed by atoms with Crippen LogP contribution in [0.25, 0.3) is 10.9 Å². The van der Waals surface area contributed by atoms with Crippen LogP contribution in [0.2, 0.25) is 0 Å². The number of halogens is 1. The Morgan fingerprint density at radius 1 is 1.29 bits per heavy atom. The van der Waals surface area contributed by atoms with Gasteiger partial charge in [0.2, 0.25) is 0 Å². The Hall–Kier alpha value is -1.97. The van der Waals surface area contributed by atoms with Gasteiger partial charge >= 0.3 is 0 Å². The lowest BCUT2D eigenvalue weighted by Gasteiger charge is -2.08. The Morgan fingerprint density at radius 2 is 2.06 bits per heavy atom. The summed E-state index contributed by atoms with van der Waals surface area (Å²) in [5, 5.41) is 3.41. The third-order valence-electron chi connectivity index (χ3n) is 2.32. The molecule has 1 amide bonds. The molecule has 1 aromatic carbocycles. The van der Waals surface area contributed by atoms with Crippen LogP contribution in [0.5, 0.6) is 0 Å². The maximum absolute atomic E-state index is 13.5. The number of nitrogens with zero attached hydrogens (tertiary/aromatic N) is 1. The molecule has 0 saturated heterocycles. The highest BCUT2D eigenvalue weighted by Gasteiger charge is 2.10. The van der Waals surface area contributed by atoms with Gasteiger partial charge in [-0.15, -0.1) is 0 Å². The number of fused-ring (bicyclic) bond motifs is 1. The highest BCUT2D eigenvalue weighted by atomic mass is 19.1. The predicted octanol–water partition coefficient (Wildman–Crippen LogP) is 2.51. The van der Waals surface area contributed by atoms with E-state index in [9.17, 15) is 9.18 Å². The van der Waals surface area contributed by atoms with Crippen LogP contribution < -0.4 is 5.32 Å². The number of benzene rings is 1. The van der Waals surface area contributed by atoms with Crippen LogP contribution in [0.15, 0.2) is 30.3 Å². The van der Waals surface area contributed by atoms with Crippen molar-refractivity contribution < 1.29 is 9.18 Å². The van der Waals surface area contributed by atoms with E-state index in [1.165, 1.54) is 6.07 Å².